The number of rotatable bonds is 5. The molecule has 0 amide bonds. The number of nitro benzene ring substituents is 1. The van der Waals surface area contributed by atoms with Gasteiger partial charge >= 0.3 is 0 Å². The second-order valence-corrected chi connectivity index (χ2v) is 5.09. The summed E-state index contributed by atoms with van der Waals surface area (Å²) in [5.41, 5.74) is -0.181. The Morgan fingerprint density at radius 1 is 1.56 bits per heavy atom. The van der Waals surface area contributed by atoms with Gasteiger partial charge in [0.05, 0.1) is 15.5 Å². The lowest BCUT2D eigenvalue weighted by molar-refractivity contribution is -0.384. The lowest BCUT2D eigenvalue weighted by Gasteiger charge is -2.16. The molecule has 0 fully saturated rings. The number of hydrogen-bond acceptors (Lipinski definition) is 4. The van der Waals surface area contributed by atoms with Crippen molar-refractivity contribution < 1.29 is 14.4 Å². The van der Waals surface area contributed by atoms with E-state index in [9.17, 15) is 19.6 Å². The van der Waals surface area contributed by atoms with E-state index in [-0.39, 0.29) is 28.3 Å². The number of benzene rings is 1. The van der Waals surface area contributed by atoms with Crippen LogP contribution in [0.1, 0.15) is 13.8 Å². The minimum atomic E-state index is -0.656. The van der Waals surface area contributed by atoms with Crippen LogP contribution in [0, 0.1) is 21.8 Å². The fraction of sp³-hybridized carbons (Fsp3) is 0.455. The SMILES string of the molecule is CC(C)C(O)CNc1cc(F)c(Br)cc1[N+](=O)[O-]. The average molecular weight is 321 g/mol. The summed E-state index contributed by atoms with van der Waals surface area (Å²) >= 11 is 2.90. The van der Waals surface area contributed by atoms with Crippen molar-refractivity contribution in [2.75, 3.05) is 11.9 Å². The van der Waals surface area contributed by atoms with Gasteiger partial charge in [-0.15, -0.1) is 0 Å². The molecule has 0 aromatic heterocycles. The molecular weight excluding hydrogens is 307 g/mol. The second kappa shape index (κ2) is 6.10. The molecule has 1 atom stereocenters. The van der Waals surface area contributed by atoms with Gasteiger partial charge in [-0.25, -0.2) is 4.39 Å². The standard InChI is InChI=1S/C11H14BrFN2O3/c1-6(2)11(16)5-14-9-4-8(13)7(12)3-10(9)15(17)18/h3-4,6,11,14,16H,5H2,1-2H3. The number of aliphatic hydroxyl groups is 1. The molecule has 1 unspecified atom stereocenters. The van der Waals surface area contributed by atoms with Gasteiger partial charge in [-0.2, -0.15) is 0 Å². The molecule has 5 nitrogen and oxygen atoms in total. The molecule has 0 saturated heterocycles. The summed E-state index contributed by atoms with van der Waals surface area (Å²) in [6, 6.07) is 2.13. The first-order chi connectivity index (χ1) is 8.32. The van der Waals surface area contributed by atoms with Crippen LogP contribution in [0.4, 0.5) is 15.8 Å². The van der Waals surface area contributed by atoms with Crippen molar-refractivity contribution in [1.82, 2.24) is 0 Å². The molecule has 0 radical (unpaired) electrons. The van der Waals surface area contributed by atoms with Gasteiger partial charge in [0.1, 0.15) is 11.5 Å². The van der Waals surface area contributed by atoms with Crippen LogP contribution in [0.5, 0.6) is 0 Å². The van der Waals surface area contributed by atoms with E-state index in [1.165, 1.54) is 0 Å². The quantitative estimate of drug-likeness (QED) is 0.646. The molecule has 1 rings (SSSR count). The van der Waals surface area contributed by atoms with Gasteiger partial charge in [0.2, 0.25) is 0 Å². The van der Waals surface area contributed by atoms with E-state index in [2.05, 4.69) is 21.2 Å². The van der Waals surface area contributed by atoms with Crippen LogP contribution in [0.15, 0.2) is 16.6 Å². The van der Waals surface area contributed by atoms with Gasteiger partial charge < -0.3 is 10.4 Å². The smallest absolute Gasteiger partial charge is 0.293 e. The maximum Gasteiger partial charge on any atom is 0.293 e. The number of nitrogens with zero attached hydrogens (tertiary/aromatic N) is 1. The number of nitrogens with one attached hydrogen (secondary N) is 1. The van der Waals surface area contributed by atoms with Crippen LogP contribution < -0.4 is 5.32 Å². The van der Waals surface area contributed by atoms with E-state index in [0.717, 1.165) is 12.1 Å². The number of hydrogen-bond donors (Lipinski definition) is 2. The highest BCUT2D eigenvalue weighted by Gasteiger charge is 2.18. The Hall–Kier alpha value is -1.21. The van der Waals surface area contributed by atoms with Crippen LogP contribution >= 0.6 is 15.9 Å². The Labute approximate surface area is 112 Å². The summed E-state index contributed by atoms with van der Waals surface area (Å²) in [4.78, 5) is 10.2. The van der Waals surface area contributed by atoms with Crippen molar-refractivity contribution in [2.45, 2.75) is 20.0 Å². The van der Waals surface area contributed by atoms with Crippen LogP contribution in [-0.2, 0) is 0 Å². The third-order valence-electron chi connectivity index (χ3n) is 2.51. The molecule has 100 valence electrons. The summed E-state index contributed by atoms with van der Waals surface area (Å²) in [5, 5.41) is 23.1. The van der Waals surface area contributed by atoms with Crippen LogP contribution in [0.3, 0.4) is 0 Å². The molecule has 2 N–H and O–H groups in total. The van der Waals surface area contributed by atoms with E-state index < -0.39 is 16.8 Å². The van der Waals surface area contributed by atoms with Gasteiger partial charge in [-0.3, -0.25) is 10.1 Å². The topological polar surface area (TPSA) is 75.4 Å². The molecule has 18 heavy (non-hydrogen) atoms. The number of aliphatic hydroxyl groups excluding tert-OH is 1. The predicted molar refractivity (Wildman–Crippen MR) is 70.1 cm³/mol. The highest BCUT2D eigenvalue weighted by Crippen LogP contribution is 2.30. The van der Waals surface area contributed by atoms with E-state index in [1.807, 2.05) is 13.8 Å². The Bertz CT molecular complexity index is 454. The summed E-state index contributed by atoms with van der Waals surface area (Å²) < 4.78 is 13.4. The molecule has 0 aliphatic heterocycles. The third kappa shape index (κ3) is 3.64. The summed E-state index contributed by atoms with van der Waals surface area (Å²) in [5.74, 6) is -0.584. The van der Waals surface area contributed by atoms with Crippen molar-refractivity contribution in [3.8, 4) is 0 Å². The molecular formula is C11H14BrFN2O3. The first kappa shape index (κ1) is 14.8. The van der Waals surface area contributed by atoms with Crippen molar-refractivity contribution >= 4 is 27.3 Å². The van der Waals surface area contributed by atoms with Crippen LogP contribution in [-0.4, -0.2) is 22.7 Å². The third-order valence-corrected chi connectivity index (χ3v) is 3.11. The number of halogens is 2. The maximum atomic E-state index is 13.3. The van der Waals surface area contributed by atoms with Crippen LogP contribution in [0.2, 0.25) is 0 Å². The van der Waals surface area contributed by atoms with Crippen molar-refractivity contribution in [1.29, 1.82) is 0 Å². The molecule has 0 aliphatic rings. The highest BCUT2D eigenvalue weighted by atomic mass is 79.9. The molecule has 0 saturated carbocycles. The summed E-state index contributed by atoms with van der Waals surface area (Å²) in [6.07, 6.45) is -0.656. The fourth-order valence-electron chi connectivity index (χ4n) is 1.28. The van der Waals surface area contributed by atoms with Crippen molar-refractivity contribution in [3.05, 3.63) is 32.5 Å². The first-order valence-corrected chi connectivity index (χ1v) is 6.17. The monoisotopic (exact) mass is 320 g/mol. The van der Waals surface area contributed by atoms with Crippen molar-refractivity contribution in [2.24, 2.45) is 5.92 Å². The van der Waals surface area contributed by atoms with E-state index in [1.54, 1.807) is 0 Å². The largest absolute Gasteiger partial charge is 0.391 e. The van der Waals surface area contributed by atoms with Crippen LogP contribution in [0.25, 0.3) is 0 Å². The van der Waals surface area contributed by atoms with Gasteiger partial charge in [0.15, 0.2) is 0 Å². The summed E-state index contributed by atoms with van der Waals surface area (Å²) in [7, 11) is 0. The summed E-state index contributed by atoms with van der Waals surface area (Å²) in [6.45, 7) is 3.77. The number of nitro groups is 1. The Balaban J connectivity index is 2.93. The molecule has 0 spiro atoms. The average Bonchev–Trinajstić information content (AvgIpc) is 2.29. The zero-order valence-electron chi connectivity index (χ0n) is 9.98. The number of anilines is 1. The lowest BCUT2D eigenvalue weighted by Crippen LogP contribution is -2.25. The minimum absolute atomic E-state index is 0.0110. The molecule has 1 aromatic rings. The normalized spacial score (nSPS) is 12.6. The fourth-order valence-corrected chi connectivity index (χ4v) is 1.61. The van der Waals surface area contributed by atoms with E-state index in [0.29, 0.717) is 0 Å². The molecule has 7 heteroatoms. The first-order valence-electron chi connectivity index (χ1n) is 5.38. The van der Waals surface area contributed by atoms with Gasteiger partial charge in [-0.1, -0.05) is 13.8 Å². The van der Waals surface area contributed by atoms with Crippen molar-refractivity contribution in [3.63, 3.8) is 0 Å². The van der Waals surface area contributed by atoms with Gasteiger partial charge in [0.25, 0.3) is 5.69 Å². The zero-order valence-corrected chi connectivity index (χ0v) is 11.6. The van der Waals surface area contributed by atoms with Gasteiger partial charge in [-0.05, 0) is 21.8 Å². The van der Waals surface area contributed by atoms with Gasteiger partial charge in [0, 0.05) is 18.7 Å². The zero-order chi connectivity index (χ0) is 13.9. The Morgan fingerprint density at radius 2 is 2.17 bits per heavy atom. The maximum absolute atomic E-state index is 13.3. The second-order valence-electron chi connectivity index (χ2n) is 4.23. The lowest BCUT2D eigenvalue weighted by atomic mass is 10.1. The minimum Gasteiger partial charge on any atom is -0.391 e. The highest BCUT2D eigenvalue weighted by molar-refractivity contribution is 9.10. The Morgan fingerprint density at radius 3 is 2.67 bits per heavy atom. The van der Waals surface area contributed by atoms with E-state index >= 15 is 0 Å². The molecule has 0 heterocycles. The predicted octanol–water partition coefficient (Wildman–Crippen LogP) is 2.93. The Kier molecular flexibility index (Phi) is 5.03. The van der Waals surface area contributed by atoms with E-state index in [4.69, 9.17) is 0 Å². The molecule has 1 aromatic carbocycles. The molecule has 0 aliphatic carbocycles. The molecule has 0 bridgehead atoms.